The molecule has 0 aromatic heterocycles. The zero-order chi connectivity index (χ0) is 14.5. The Kier molecular flexibility index (Phi) is 5.46. The van der Waals surface area contributed by atoms with Gasteiger partial charge in [0.2, 0.25) is 15.9 Å². The summed E-state index contributed by atoms with van der Waals surface area (Å²) in [5.74, 6) is -0.128. The minimum absolute atomic E-state index is 0.0203. The van der Waals surface area contributed by atoms with E-state index in [0.29, 0.717) is 24.7 Å². The van der Waals surface area contributed by atoms with Crippen LogP contribution in [0.2, 0.25) is 0 Å². The van der Waals surface area contributed by atoms with Crippen LogP contribution >= 0.6 is 0 Å². The highest BCUT2D eigenvalue weighted by atomic mass is 32.2. The van der Waals surface area contributed by atoms with Crippen molar-refractivity contribution < 1.29 is 13.2 Å². The van der Waals surface area contributed by atoms with Crippen LogP contribution in [0, 0.1) is 0 Å². The maximum Gasteiger partial charge on any atom is 0.238 e. The second-order valence-electron chi connectivity index (χ2n) is 4.48. The first kappa shape index (κ1) is 15.6. The minimum Gasteiger partial charge on any atom is -0.326 e. The van der Waals surface area contributed by atoms with Gasteiger partial charge in [-0.25, -0.2) is 13.6 Å². The smallest absolute Gasteiger partial charge is 0.238 e. The Morgan fingerprint density at radius 1 is 1.26 bits per heavy atom. The van der Waals surface area contributed by atoms with Crippen molar-refractivity contribution in [1.82, 2.24) is 5.32 Å². The van der Waals surface area contributed by atoms with Crippen molar-refractivity contribution >= 4 is 21.6 Å². The molecule has 1 rings (SSSR count). The van der Waals surface area contributed by atoms with Crippen molar-refractivity contribution in [3.8, 4) is 0 Å². The Labute approximate surface area is 113 Å². The fourth-order valence-electron chi connectivity index (χ4n) is 1.43. The van der Waals surface area contributed by atoms with E-state index in [9.17, 15) is 13.2 Å². The molecular formula is C12H19N3O3S. The standard InChI is InChI=1S/C12H19N3O3S/c1-9(2)14-8-7-12(16)15-10-3-5-11(6-4-10)19(13,17)18/h3-6,9,14H,7-8H2,1-2H3,(H,15,16)(H2,13,17,18). The van der Waals surface area contributed by atoms with Crippen LogP contribution < -0.4 is 15.8 Å². The molecule has 6 nitrogen and oxygen atoms in total. The minimum atomic E-state index is -3.69. The Morgan fingerprint density at radius 2 is 1.84 bits per heavy atom. The molecule has 0 bridgehead atoms. The Hall–Kier alpha value is -1.44. The molecule has 1 aromatic carbocycles. The van der Waals surface area contributed by atoms with E-state index in [1.54, 1.807) is 0 Å². The molecule has 106 valence electrons. The number of carbonyl (C=O) groups excluding carboxylic acids is 1. The van der Waals surface area contributed by atoms with Gasteiger partial charge in [0, 0.05) is 24.7 Å². The molecule has 0 unspecified atom stereocenters. The highest BCUT2D eigenvalue weighted by molar-refractivity contribution is 7.89. The average Bonchev–Trinajstić information content (AvgIpc) is 2.27. The molecule has 0 fully saturated rings. The first-order valence-corrected chi connectivity index (χ1v) is 7.50. The van der Waals surface area contributed by atoms with Crippen LogP contribution in [0.15, 0.2) is 29.2 Å². The number of hydrogen-bond acceptors (Lipinski definition) is 4. The van der Waals surface area contributed by atoms with Gasteiger partial charge in [-0.3, -0.25) is 4.79 Å². The molecule has 0 aliphatic rings. The summed E-state index contributed by atoms with van der Waals surface area (Å²) in [4.78, 5) is 11.6. The van der Waals surface area contributed by atoms with E-state index >= 15 is 0 Å². The number of amides is 1. The van der Waals surface area contributed by atoms with Gasteiger partial charge in [0.15, 0.2) is 0 Å². The number of nitrogens with two attached hydrogens (primary N) is 1. The van der Waals surface area contributed by atoms with Gasteiger partial charge in [-0.2, -0.15) is 0 Å². The van der Waals surface area contributed by atoms with Crippen LogP contribution in [0.1, 0.15) is 20.3 Å². The van der Waals surface area contributed by atoms with Gasteiger partial charge in [0.1, 0.15) is 0 Å². The van der Waals surface area contributed by atoms with Gasteiger partial charge in [-0.15, -0.1) is 0 Å². The van der Waals surface area contributed by atoms with E-state index in [0.717, 1.165) is 0 Å². The molecule has 0 heterocycles. The Bertz CT molecular complexity index is 524. The fraction of sp³-hybridized carbons (Fsp3) is 0.417. The van der Waals surface area contributed by atoms with Crippen LogP contribution in [0.25, 0.3) is 0 Å². The molecule has 1 amide bonds. The predicted octanol–water partition coefficient (Wildman–Crippen LogP) is 0.661. The molecule has 0 aliphatic heterocycles. The third kappa shape index (κ3) is 5.82. The number of nitrogens with one attached hydrogen (secondary N) is 2. The van der Waals surface area contributed by atoms with Gasteiger partial charge in [0.25, 0.3) is 0 Å². The van der Waals surface area contributed by atoms with Gasteiger partial charge >= 0.3 is 0 Å². The predicted molar refractivity (Wildman–Crippen MR) is 74.2 cm³/mol. The lowest BCUT2D eigenvalue weighted by Crippen LogP contribution is -2.27. The third-order valence-corrected chi connectivity index (χ3v) is 3.30. The summed E-state index contributed by atoms with van der Waals surface area (Å²) in [5, 5.41) is 10.8. The van der Waals surface area contributed by atoms with Crippen LogP contribution in [0.3, 0.4) is 0 Å². The molecule has 0 saturated heterocycles. The van der Waals surface area contributed by atoms with Crippen LogP contribution in [0.4, 0.5) is 5.69 Å². The van der Waals surface area contributed by atoms with E-state index in [4.69, 9.17) is 5.14 Å². The molecular weight excluding hydrogens is 266 g/mol. The Balaban J connectivity index is 2.52. The lowest BCUT2D eigenvalue weighted by molar-refractivity contribution is -0.116. The maximum absolute atomic E-state index is 11.6. The molecule has 1 aromatic rings. The Morgan fingerprint density at radius 3 is 2.32 bits per heavy atom. The van der Waals surface area contributed by atoms with Gasteiger partial charge in [0.05, 0.1) is 4.90 Å². The molecule has 4 N–H and O–H groups in total. The topological polar surface area (TPSA) is 101 Å². The van der Waals surface area contributed by atoms with E-state index < -0.39 is 10.0 Å². The number of benzene rings is 1. The molecule has 0 atom stereocenters. The zero-order valence-electron chi connectivity index (χ0n) is 11.0. The van der Waals surface area contributed by atoms with Crippen LogP contribution in [-0.4, -0.2) is 26.9 Å². The van der Waals surface area contributed by atoms with Crippen molar-refractivity contribution in [1.29, 1.82) is 0 Å². The fourth-order valence-corrected chi connectivity index (χ4v) is 1.94. The van der Waals surface area contributed by atoms with Crippen molar-refractivity contribution in [2.45, 2.75) is 31.2 Å². The highest BCUT2D eigenvalue weighted by Gasteiger charge is 2.08. The highest BCUT2D eigenvalue weighted by Crippen LogP contribution is 2.12. The summed E-state index contributed by atoms with van der Waals surface area (Å²) < 4.78 is 22.1. The lowest BCUT2D eigenvalue weighted by Gasteiger charge is -2.08. The molecule has 0 spiro atoms. The van der Waals surface area contributed by atoms with Gasteiger partial charge in [-0.1, -0.05) is 13.8 Å². The van der Waals surface area contributed by atoms with Crippen molar-refractivity contribution in [2.75, 3.05) is 11.9 Å². The van der Waals surface area contributed by atoms with Crippen molar-refractivity contribution in [3.63, 3.8) is 0 Å². The number of carbonyl (C=O) groups is 1. The quantitative estimate of drug-likeness (QED) is 0.714. The van der Waals surface area contributed by atoms with Gasteiger partial charge in [-0.05, 0) is 24.3 Å². The zero-order valence-corrected chi connectivity index (χ0v) is 11.8. The molecule has 0 saturated carbocycles. The lowest BCUT2D eigenvalue weighted by atomic mass is 10.3. The third-order valence-electron chi connectivity index (χ3n) is 2.37. The summed E-state index contributed by atoms with van der Waals surface area (Å²) in [6.07, 6.45) is 0.356. The number of hydrogen-bond donors (Lipinski definition) is 3. The summed E-state index contributed by atoms with van der Waals surface area (Å²) in [6, 6.07) is 6.07. The number of primary sulfonamides is 1. The normalized spacial score (nSPS) is 11.6. The van der Waals surface area contributed by atoms with E-state index in [2.05, 4.69) is 10.6 Å². The summed E-state index contributed by atoms with van der Waals surface area (Å²) >= 11 is 0. The van der Waals surface area contributed by atoms with Crippen LogP contribution in [0.5, 0.6) is 0 Å². The second kappa shape index (κ2) is 6.65. The second-order valence-corrected chi connectivity index (χ2v) is 6.04. The van der Waals surface area contributed by atoms with Gasteiger partial charge < -0.3 is 10.6 Å². The first-order valence-electron chi connectivity index (χ1n) is 5.95. The molecule has 0 aliphatic carbocycles. The first-order chi connectivity index (χ1) is 8.79. The largest absolute Gasteiger partial charge is 0.326 e. The number of rotatable bonds is 6. The van der Waals surface area contributed by atoms with Crippen molar-refractivity contribution in [2.24, 2.45) is 5.14 Å². The van der Waals surface area contributed by atoms with E-state index in [1.807, 2.05) is 13.8 Å². The number of sulfonamides is 1. The van der Waals surface area contributed by atoms with E-state index in [1.165, 1.54) is 24.3 Å². The van der Waals surface area contributed by atoms with E-state index in [-0.39, 0.29) is 10.8 Å². The monoisotopic (exact) mass is 285 g/mol. The summed E-state index contributed by atoms with van der Waals surface area (Å²) in [6.45, 7) is 4.60. The SMILES string of the molecule is CC(C)NCCC(=O)Nc1ccc(S(N)(=O)=O)cc1. The molecule has 0 radical (unpaired) electrons. The average molecular weight is 285 g/mol. The van der Waals surface area contributed by atoms with Crippen molar-refractivity contribution in [3.05, 3.63) is 24.3 Å². The molecule has 7 heteroatoms. The number of anilines is 1. The maximum atomic E-state index is 11.6. The summed E-state index contributed by atoms with van der Waals surface area (Å²) in [7, 11) is -3.69. The summed E-state index contributed by atoms with van der Waals surface area (Å²) in [5.41, 5.74) is 0.543. The molecule has 19 heavy (non-hydrogen) atoms. The van der Waals surface area contributed by atoms with Crippen LogP contribution in [-0.2, 0) is 14.8 Å².